The zero-order valence-corrected chi connectivity index (χ0v) is 7.87. The Bertz CT molecular complexity index is 319. The van der Waals surface area contributed by atoms with E-state index in [1.165, 1.54) is 0 Å². The van der Waals surface area contributed by atoms with Gasteiger partial charge in [-0.05, 0) is 0 Å². The molecule has 0 N–H and O–H groups in total. The Morgan fingerprint density at radius 1 is 1.07 bits per heavy atom. The van der Waals surface area contributed by atoms with Gasteiger partial charge >= 0.3 is 72.8 Å². The Hall–Kier alpha value is -0.720. The Kier molecular flexibility index (Phi) is 1.58. The van der Waals surface area contributed by atoms with Gasteiger partial charge in [-0.2, -0.15) is 0 Å². The van der Waals surface area contributed by atoms with E-state index in [9.17, 15) is 25.8 Å². The number of alkyl halides is 3. The minimum absolute atomic E-state index is 0.651. The van der Waals surface area contributed by atoms with Crippen molar-refractivity contribution in [1.29, 1.82) is 0 Å². The fourth-order valence-electron chi connectivity index (χ4n) is 0.593. The number of halogens is 6. The first-order chi connectivity index (χ1) is 5.81. The predicted octanol–water partition coefficient (Wildman–Crippen LogP) is 2.75. The second-order valence-electron chi connectivity index (χ2n) is 2.93. The first-order valence-corrected chi connectivity index (χ1v) is 5.38. The fraction of sp³-hybridized carbons (Fsp3) is 0.750. The Labute approximate surface area is 73.9 Å². The van der Waals surface area contributed by atoms with E-state index >= 15 is 0 Å². The molecule has 0 unspecified atom stereocenters. The van der Waals surface area contributed by atoms with Crippen molar-refractivity contribution in [3.05, 3.63) is 0 Å². The van der Waals surface area contributed by atoms with E-state index in [1.54, 1.807) is 0 Å². The van der Waals surface area contributed by atoms with Crippen LogP contribution in [0.15, 0.2) is 0 Å². The molecule has 0 radical (unpaired) electrons. The first-order valence-electron chi connectivity index (χ1n) is 3.19. The first kappa shape index (κ1) is 11.4. The van der Waals surface area contributed by atoms with E-state index in [-0.39, 0.29) is 0 Å². The van der Waals surface area contributed by atoms with Gasteiger partial charge in [0, 0.05) is 0 Å². The maximum absolute atomic E-state index is 12.6. The molecule has 0 aliphatic carbocycles. The molecule has 1 heterocycles. The topological polar surface area (TPSA) is 21.5 Å². The van der Waals surface area contributed by atoms with E-state index in [2.05, 4.69) is 9.05 Å². The van der Waals surface area contributed by atoms with Gasteiger partial charge in [-0.1, -0.05) is 0 Å². The van der Waals surface area contributed by atoms with Crippen molar-refractivity contribution >= 4 is 13.4 Å². The SMILES string of the molecule is C[N+](C)=C1O[P-](F)(F)(F)(C(F)(F)F)O1. The third-order valence-corrected chi connectivity index (χ3v) is 3.44. The summed E-state index contributed by atoms with van der Waals surface area (Å²) in [5.41, 5.74) is 0. The van der Waals surface area contributed by atoms with E-state index in [0.29, 0.717) is 4.58 Å². The van der Waals surface area contributed by atoms with Crippen LogP contribution < -0.4 is 0 Å². The number of rotatable bonds is 0. The van der Waals surface area contributed by atoms with Gasteiger partial charge in [0.1, 0.15) is 0 Å². The average molecular weight is 245 g/mol. The van der Waals surface area contributed by atoms with Crippen molar-refractivity contribution in [2.75, 3.05) is 14.1 Å². The molecule has 0 aromatic carbocycles. The molecule has 0 saturated carbocycles. The molecule has 0 bridgehead atoms. The Balaban J connectivity index is 3.17. The van der Waals surface area contributed by atoms with E-state index < -0.39 is 19.3 Å². The second kappa shape index (κ2) is 1.95. The molecule has 0 aromatic heterocycles. The van der Waals surface area contributed by atoms with E-state index in [0.717, 1.165) is 14.1 Å². The molecule has 0 spiro atoms. The minimum atomic E-state index is -9.54. The van der Waals surface area contributed by atoms with Crippen molar-refractivity contribution in [2.24, 2.45) is 0 Å². The van der Waals surface area contributed by atoms with Crippen LogP contribution in [0.4, 0.5) is 25.8 Å². The predicted molar refractivity (Wildman–Crippen MR) is 35.6 cm³/mol. The van der Waals surface area contributed by atoms with Crippen LogP contribution in [0.3, 0.4) is 0 Å². The molecule has 1 rings (SSSR count). The van der Waals surface area contributed by atoms with Crippen molar-refractivity contribution in [1.82, 2.24) is 0 Å². The van der Waals surface area contributed by atoms with Crippen LogP contribution in [0, 0.1) is 0 Å². The zero-order chi connectivity index (χ0) is 11.5. The van der Waals surface area contributed by atoms with Crippen LogP contribution in [0.2, 0.25) is 0 Å². The summed E-state index contributed by atoms with van der Waals surface area (Å²) in [7, 11) is -7.42. The van der Waals surface area contributed by atoms with Crippen LogP contribution >= 0.6 is 7.33 Å². The van der Waals surface area contributed by atoms with Crippen molar-refractivity contribution in [2.45, 2.75) is 5.92 Å². The molecule has 1 saturated heterocycles. The summed E-state index contributed by atoms with van der Waals surface area (Å²) < 4.78 is 79.6. The molecule has 1 fully saturated rings. The molecule has 0 amide bonds. The third-order valence-electron chi connectivity index (χ3n) is 1.39. The summed E-state index contributed by atoms with van der Waals surface area (Å²) in [6.07, 6.45) is -1.20. The molecule has 1 aliphatic heterocycles. The van der Waals surface area contributed by atoms with Gasteiger partial charge in [0.05, 0.1) is 0 Å². The van der Waals surface area contributed by atoms with Gasteiger partial charge in [0.25, 0.3) is 0 Å². The quantitative estimate of drug-likeness (QED) is 0.371. The van der Waals surface area contributed by atoms with Gasteiger partial charge in [0.2, 0.25) is 0 Å². The average Bonchev–Trinajstić information content (AvgIpc) is 1.79. The zero-order valence-electron chi connectivity index (χ0n) is 6.98. The summed E-state index contributed by atoms with van der Waals surface area (Å²) in [6.45, 7) is 0. The summed E-state index contributed by atoms with van der Waals surface area (Å²) in [4.78, 5) is 0. The standard InChI is InChI=1S/C4H6F6NO2P/c1-11(2)3-12-14(8,9,10,13-3)4(5,6)7/h1-2H3. The van der Waals surface area contributed by atoms with Crippen LogP contribution in [0.25, 0.3) is 0 Å². The summed E-state index contributed by atoms with van der Waals surface area (Å²) in [5.74, 6) is -6.48. The molecule has 10 heteroatoms. The van der Waals surface area contributed by atoms with Crippen LogP contribution in [0.1, 0.15) is 0 Å². The fourth-order valence-corrected chi connectivity index (χ4v) is 1.78. The second-order valence-corrected chi connectivity index (χ2v) is 6.03. The van der Waals surface area contributed by atoms with Crippen molar-refractivity contribution < 1.29 is 39.4 Å². The molecular formula is C4H6F6NO2P. The van der Waals surface area contributed by atoms with Gasteiger partial charge in [-0.25, -0.2) is 0 Å². The van der Waals surface area contributed by atoms with Crippen LogP contribution in [-0.2, 0) is 9.05 Å². The number of hydrogen-bond acceptors (Lipinski definition) is 2. The normalized spacial score (nSPS) is 31.9. The molecule has 3 nitrogen and oxygen atoms in total. The molecule has 14 heavy (non-hydrogen) atoms. The monoisotopic (exact) mass is 245 g/mol. The van der Waals surface area contributed by atoms with E-state index in [4.69, 9.17) is 0 Å². The third kappa shape index (κ3) is 1.14. The Morgan fingerprint density at radius 2 is 1.43 bits per heavy atom. The summed E-state index contributed by atoms with van der Waals surface area (Å²) in [5, 5.41) is 0. The van der Waals surface area contributed by atoms with Crippen LogP contribution in [0.5, 0.6) is 0 Å². The van der Waals surface area contributed by atoms with Crippen molar-refractivity contribution in [3.63, 3.8) is 0 Å². The maximum atomic E-state index is 12.6. The van der Waals surface area contributed by atoms with E-state index in [1.807, 2.05) is 0 Å². The summed E-state index contributed by atoms with van der Waals surface area (Å²) in [6, 6.07) is 0. The van der Waals surface area contributed by atoms with Crippen molar-refractivity contribution in [3.8, 4) is 0 Å². The molecule has 1 aliphatic rings. The molecule has 0 atom stereocenters. The van der Waals surface area contributed by atoms with Gasteiger partial charge in [-0.3, -0.25) is 0 Å². The number of hydrogen-bond donors (Lipinski definition) is 0. The number of nitrogens with zero attached hydrogens (tertiary/aromatic N) is 1. The Morgan fingerprint density at radius 3 is 1.64 bits per heavy atom. The molecule has 86 valence electrons. The molecule has 0 aromatic rings. The van der Waals surface area contributed by atoms with Gasteiger partial charge in [-0.15, -0.1) is 0 Å². The van der Waals surface area contributed by atoms with Gasteiger partial charge < -0.3 is 0 Å². The molecular weight excluding hydrogens is 239 g/mol. The van der Waals surface area contributed by atoms with Crippen LogP contribution in [-0.4, -0.2) is 30.7 Å². The summed E-state index contributed by atoms with van der Waals surface area (Å²) >= 11 is 0. The van der Waals surface area contributed by atoms with Gasteiger partial charge in [0.15, 0.2) is 0 Å².